The molecule has 188 valence electrons. The van der Waals surface area contributed by atoms with Crippen molar-refractivity contribution in [3.05, 3.63) is 35.0 Å². The lowest BCUT2D eigenvalue weighted by atomic mass is 9.91. The fourth-order valence-electron chi connectivity index (χ4n) is 4.86. The molecule has 3 N–H and O–H groups in total. The highest BCUT2D eigenvalue weighted by molar-refractivity contribution is 6.33. The highest BCUT2D eigenvalue weighted by atomic mass is 35.5. The van der Waals surface area contributed by atoms with Crippen LogP contribution in [0.15, 0.2) is 18.3 Å². The van der Waals surface area contributed by atoms with Gasteiger partial charge in [-0.05, 0) is 39.8 Å². The quantitative estimate of drug-likeness (QED) is 0.481. The molecule has 0 aliphatic carbocycles. The van der Waals surface area contributed by atoms with Crippen molar-refractivity contribution in [3.8, 4) is 11.3 Å². The molecular weight excluding hydrogens is 477 g/mol. The molecule has 2 bridgehead atoms. The molecule has 0 spiro atoms. The molecule has 2 saturated heterocycles. The second kappa shape index (κ2) is 8.63. The molecule has 1 aromatic carbocycles. The summed E-state index contributed by atoms with van der Waals surface area (Å²) in [5.74, 6) is -0.0830. The van der Waals surface area contributed by atoms with Crippen LogP contribution in [0.25, 0.3) is 22.3 Å². The Morgan fingerprint density at radius 3 is 2.71 bits per heavy atom. The van der Waals surface area contributed by atoms with Gasteiger partial charge in [0.1, 0.15) is 29.2 Å². The van der Waals surface area contributed by atoms with Crippen LogP contribution in [0.1, 0.15) is 46.5 Å². The molecule has 0 radical (unpaired) electrons. The van der Waals surface area contributed by atoms with E-state index in [2.05, 4.69) is 20.3 Å². The lowest BCUT2D eigenvalue weighted by Gasteiger charge is -2.37. The van der Waals surface area contributed by atoms with Crippen molar-refractivity contribution < 1.29 is 24.1 Å². The van der Waals surface area contributed by atoms with E-state index in [1.807, 2.05) is 25.3 Å². The predicted molar refractivity (Wildman–Crippen MR) is 129 cm³/mol. The first-order valence-electron chi connectivity index (χ1n) is 11.6. The molecule has 0 saturated carbocycles. The van der Waals surface area contributed by atoms with Crippen LogP contribution in [-0.4, -0.2) is 60.9 Å². The largest absolute Gasteiger partial charge is 0.388 e. The fourth-order valence-corrected chi connectivity index (χ4v) is 5.06. The Hall–Kier alpha value is -2.37. The zero-order chi connectivity index (χ0) is 25.2. The van der Waals surface area contributed by atoms with Crippen LogP contribution in [0.4, 0.5) is 10.3 Å². The number of hydrogen-bond acceptors (Lipinski definition) is 8. The van der Waals surface area contributed by atoms with Gasteiger partial charge in [0, 0.05) is 17.5 Å². The Labute approximate surface area is 207 Å². The number of anilines is 1. The Morgan fingerprint density at radius 2 is 2.03 bits per heavy atom. The summed E-state index contributed by atoms with van der Waals surface area (Å²) in [6.45, 7) is 9.37. The van der Waals surface area contributed by atoms with Crippen molar-refractivity contribution in [1.82, 2.24) is 19.5 Å². The minimum absolute atomic E-state index is 0.0803. The van der Waals surface area contributed by atoms with Crippen molar-refractivity contribution in [3.63, 3.8) is 0 Å². The van der Waals surface area contributed by atoms with Crippen molar-refractivity contribution in [2.75, 3.05) is 11.9 Å². The van der Waals surface area contributed by atoms with E-state index in [0.717, 1.165) is 0 Å². The molecule has 3 aromatic rings. The molecule has 5 rings (SSSR count). The minimum atomic E-state index is -1.26. The summed E-state index contributed by atoms with van der Waals surface area (Å²) in [5.41, 5.74) is 0.207. The summed E-state index contributed by atoms with van der Waals surface area (Å²) in [6, 6.07) is 2.61. The van der Waals surface area contributed by atoms with Gasteiger partial charge in [-0.15, -0.1) is 0 Å². The number of nitrogens with zero attached hydrogens (tertiary/aromatic N) is 4. The third-order valence-corrected chi connectivity index (χ3v) is 6.88. The van der Waals surface area contributed by atoms with Gasteiger partial charge >= 0.3 is 0 Å². The normalized spacial score (nSPS) is 26.6. The predicted octanol–water partition coefficient (Wildman–Crippen LogP) is 3.63. The summed E-state index contributed by atoms with van der Waals surface area (Å²) >= 11 is 6.44. The lowest BCUT2D eigenvalue weighted by Crippen LogP contribution is -2.53. The summed E-state index contributed by atoms with van der Waals surface area (Å²) < 4.78 is 28.3. The number of halogens is 2. The highest BCUT2D eigenvalue weighted by Crippen LogP contribution is 2.36. The van der Waals surface area contributed by atoms with E-state index in [9.17, 15) is 10.2 Å². The van der Waals surface area contributed by atoms with Gasteiger partial charge in [0.15, 0.2) is 12.1 Å². The second-order valence-corrected chi connectivity index (χ2v) is 10.5. The van der Waals surface area contributed by atoms with E-state index >= 15 is 4.39 Å². The summed E-state index contributed by atoms with van der Waals surface area (Å²) in [5, 5.41) is 24.8. The second-order valence-electron chi connectivity index (χ2n) is 10.1. The maximum Gasteiger partial charge on any atom is 0.223 e. The molecule has 1 unspecified atom stereocenters. The van der Waals surface area contributed by atoms with E-state index in [-0.39, 0.29) is 28.4 Å². The molecule has 2 aromatic heterocycles. The number of rotatable bonds is 5. The smallest absolute Gasteiger partial charge is 0.223 e. The van der Waals surface area contributed by atoms with Crippen molar-refractivity contribution in [2.45, 2.75) is 70.8 Å². The molecule has 11 heteroatoms. The first-order valence-corrected chi connectivity index (χ1v) is 12.0. The number of imidazole rings is 1. The third kappa shape index (κ3) is 4.17. The first kappa shape index (κ1) is 24.3. The number of aromatic nitrogens is 4. The highest BCUT2D eigenvalue weighted by Gasteiger charge is 2.48. The Bertz CT molecular complexity index is 1260. The molecule has 2 fully saturated rings. The van der Waals surface area contributed by atoms with Gasteiger partial charge in [0.05, 0.1) is 35.1 Å². The Balaban J connectivity index is 1.56. The molecular formula is C24H29ClFN5O4. The van der Waals surface area contributed by atoms with E-state index in [1.165, 1.54) is 12.3 Å². The maximum atomic E-state index is 15.3. The zero-order valence-electron chi connectivity index (χ0n) is 20.2. The molecule has 9 nitrogen and oxygen atoms in total. The Morgan fingerprint density at radius 1 is 1.29 bits per heavy atom. The van der Waals surface area contributed by atoms with Gasteiger partial charge in [-0.2, -0.15) is 0 Å². The molecule has 2 aliphatic heterocycles. The summed E-state index contributed by atoms with van der Waals surface area (Å²) in [4.78, 5) is 13.2. The average Bonchev–Trinajstić information content (AvgIpc) is 3.40. The van der Waals surface area contributed by atoms with E-state index in [1.54, 1.807) is 19.9 Å². The van der Waals surface area contributed by atoms with E-state index < -0.39 is 36.0 Å². The monoisotopic (exact) mass is 505 g/mol. The number of nitrogens with one attached hydrogen (secondary N) is 1. The zero-order valence-corrected chi connectivity index (χ0v) is 20.9. The van der Waals surface area contributed by atoms with Crippen LogP contribution in [0, 0.1) is 11.7 Å². The lowest BCUT2D eigenvalue weighted by molar-refractivity contribution is -0.154. The molecule has 2 aliphatic rings. The molecule has 0 amide bonds. The van der Waals surface area contributed by atoms with Gasteiger partial charge in [-0.25, -0.2) is 19.3 Å². The van der Waals surface area contributed by atoms with Gasteiger partial charge in [0.25, 0.3) is 0 Å². The van der Waals surface area contributed by atoms with Crippen molar-refractivity contribution in [1.29, 1.82) is 0 Å². The van der Waals surface area contributed by atoms with Crippen LogP contribution in [0.2, 0.25) is 5.02 Å². The standard InChI is InChI=1S/C24H29ClFN5O4/c1-10(2)31-15-7-12(6-14(26)19(15)28-22(31)24(4,5)33)18-13(25)8-27-23(30-18)29-17-11(3)21-34-9-16(35-21)20(17)32/h6-8,10-11,16-17,20-21,32-33H,9H2,1-5H3,(H,27,29,30)/t11-,16-,17?,20+,21-/m0/s1. The van der Waals surface area contributed by atoms with Crippen LogP contribution in [0.5, 0.6) is 0 Å². The number of fused-ring (bicyclic) bond motifs is 3. The first-order chi connectivity index (χ1) is 16.5. The van der Waals surface area contributed by atoms with Crippen LogP contribution < -0.4 is 5.32 Å². The average molecular weight is 506 g/mol. The van der Waals surface area contributed by atoms with Crippen LogP contribution >= 0.6 is 11.6 Å². The molecule has 4 heterocycles. The SMILES string of the molecule is CC(C)n1c(C(C)(C)O)nc2c(F)cc(-c3nc(NC4[C@H](C)[C@H]5OC[C@H](O5)[C@H]4O)ncc3Cl)cc21. The summed E-state index contributed by atoms with van der Waals surface area (Å²) in [6.07, 6.45) is -0.192. The van der Waals surface area contributed by atoms with Gasteiger partial charge in [-0.3, -0.25) is 0 Å². The van der Waals surface area contributed by atoms with Crippen molar-refractivity contribution >= 4 is 28.6 Å². The molecule has 5 atom stereocenters. The van der Waals surface area contributed by atoms with Gasteiger partial charge in [0.2, 0.25) is 5.95 Å². The number of benzene rings is 1. The number of aliphatic hydroxyl groups excluding tert-OH is 1. The third-order valence-electron chi connectivity index (χ3n) is 6.60. The summed E-state index contributed by atoms with van der Waals surface area (Å²) in [7, 11) is 0. The van der Waals surface area contributed by atoms with Gasteiger partial charge in [-0.1, -0.05) is 18.5 Å². The van der Waals surface area contributed by atoms with Crippen LogP contribution in [-0.2, 0) is 15.1 Å². The minimum Gasteiger partial charge on any atom is -0.388 e. The number of aliphatic hydroxyl groups is 2. The molecule has 35 heavy (non-hydrogen) atoms. The number of hydrogen-bond donors (Lipinski definition) is 3. The van der Waals surface area contributed by atoms with Gasteiger partial charge < -0.3 is 29.6 Å². The fraction of sp³-hybridized carbons (Fsp3) is 0.542. The Kier molecular flexibility index (Phi) is 6.00. The topological polar surface area (TPSA) is 115 Å². The van der Waals surface area contributed by atoms with Crippen LogP contribution in [0.3, 0.4) is 0 Å². The number of ether oxygens (including phenoxy) is 2. The van der Waals surface area contributed by atoms with Crippen molar-refractivity contribution in [2.24, 2.45) is 5.92 Å². The van der Waals surface area contributed by atoms with E-state index in [0.29, 0.717) is 29.2 Å². The maximum absolute atomic E-state index is 15.3. The van der Waals surface area contributed by atoms with E-state index in [4.69, 9.17) is 21.1 Å².